The van der Waals surface area contributed by atoms with Gasteiger partial charge in [0.1, 0.15) is 5.01 Å². The number of carbonyl (C=O) groups is 2. The van der Waals surface area contributed by atoms with Crippen molar-refractivity contribution in [2.75, 3.05) is 13.1 Å². The predicted octanol–water partition coefficient (Wildman–Crippen LogP) is 3.53. The molecule has 1 saturated heterocycles. The second-order valence-electron chi connectivity index (χ2n) is 6.38. The Morgan fingerprint density at radius 1 is 1.27 bits per heavy atom. The fraction of sp³-hybridized carbons (Fsp3) is 0.421. The van der Waals surface area contributed by atoms with Crippen LogP contribution in [0, 0.1) is 5.92 Å². The summed E-state index contributed by atoms with van der Waals surface area (Å²) in [6.45, 7) is 3.73. The van der Waals surface area contributed by atoms with Crippen molar-refractivity contribution < 1.29 is 9.59 Å². The van der Waals surface area contributed by atoms with Crippen molar-refractivity contribution in [3.63, 3.8) is 0 Å². The van der Waals surface area contributed by atoms with E-state index in [2.05, 4.69) is 17.2 Å². The molecule has 0 atom stereocenters. The third kappa shape index (κ3) is 4.62. The standard InChI is InChI=1S/C19H22ClN3O2S/c1-2-16-12-26-17(22-16)11-21-18(24)13-7-9-23(10-8-13)19(25)14-3-5-15(20)6-4-14/h3-6,12-13H,2,7-11H2,1H3,(H,21,24). The highest BCUT2D eigenvalue weighted by Crippen LogP contribution is 2.20. The Hall–Kier alpha value is -1.92. The summed E-state index contributed by atoms with van der Waals surface area (Å²) in [5, 5.41) is 6.56. The molecule has 138 valence electrons. The fourth-order valence-corrected chi connectivity index (χ4v) is 3.96. The predicted molar refractivity (Wildman–Crippen MR) is 103 cm³/mol. The van der Waals surface area contributed by atoms with Crippen molar-refractivity contribution in [3.05, 3.63) is 50.9 Å². The third-order valence-corrected chi connectivity index (χ3v) is 5.77. The Kier molecular flexibility index (Phi) is 6.27. The van der Waals surface area contributed by atoms with E-state index >= 15 is 0 Å². The zero-order valence-corrected chi connectivity index (χ0v) is 16.3. The molecular formula is C19H22ClN3O2S. The number of aromatic nitrogens is 1. The molecule has 2 heterocycles. The lowest BCUT2D eigenvalue weighted by Gasteiger charge is -2.31. The quantitative estimate of drug-likeness (QED) is 0.848. The molecule has 0 unspecified atom stereocenters. The van der Waals surface area contributed by atoms with E-state index in [-0.39, 0.29) is 17.7 Å². The molecule has 1 aliphatic rings. The second kappa shape index (κ2) is 8.64. The highest BCUT2D eigenvalue weighted by Gasteiger charge is 2.27. The number of nitrogens with one attached hydrogen (secondary N) is 1. The van der Waals surface area contributed by atoms with E-state index in [0.717, 1.165) is 17.1 Å². The second-order valence-corrected chi connectivity index (χ2v) is 7.76. The van der Waals surface area contributed by atoms with Crippen LogP contribution in [0.1, 0.15) is 40.8 Å². The van der Waals surface area contributed by atoms with Crippen molar-refractivity contribution in [2.24, 2.45) is 5.92 Å². The third-order valence-electron chi connectivity index (χ3n) is 4.62. The van der Waals surface area contributed by atoms with Gasteiger partial charge in [-0.2, -0.15) is 0 Å². The molecule has 2 aromatic rings. The van der Waals surface area contributed by atoms with Crippen LogP contribution in [-0.4, -0.2) is 34.8 Å². The van der Waals surface area contributed by atoms with Gasteiger partial charge in [0.05, 0.1) is 12.2 Å². The minimum Gasteiger partial charge on any atom is -0.349 e. The molecule has 0 spiro atoms. The molecular weight excluding hydrogens is 370 g/mol. The molecule has 26 heavy (non-hydrogen) atoms. The molecule has 0 bridgehead atoms. The SMILES string of the molecule is CCc1csc(CNC(=O)C2CCN(C(=O)c3ccc(Cl)cc3)CC2)n1. The number of carbonyl (C=O) groups excluding carboxylic acids is 2. The van der Waals surface area contributed by atoms with Crippen molar-refractivity contribution in [2.45, 2.75) is 32.7 Å². The highest BCUT2D eigenvalue weighted by molar-refractivity contribution is 7.09. The molecule has 0 aliphatic carbocycles. The number of benzene rings is 1. The van der Waals surface area contributed by atoms with Gasteiger partial charge in [-0.05, 0) is 43.5 Å². The van der Waals surface area contributed by atoms with Gasteiger partial charge in [-0.25, -0.2) is 4.98 Å². The van der Waals surface area contributed by atoms with E-state index in [1.807, 2.05) is 5.38 Å². The van der Waals surface area contributed by atoms with Crippen LogP contribution in [0.4, 0.5) is 0 Å². The highest BCUT2D eigenvalue weighted by atomic mass is 35.5. The van der Waals surface area contributed by atoms with Crippen molar-refractivity contribution in [1.82, 2.24) is 15.2 Å². The summed E-state index contributed by atoms with van der Waals surface area (Å²) in [5.74, 6) is 0.00196. The number of likely N-dealkylation sites (tertiary alicyclic amines) is 1. The minimum absolute atomic E-state index is 0.00425. The minimum atomic E-state index is -0.0464. The smallest absolute Gasteiger partial charge is 0.253 e. The van der Waals surface area contributed by atoms with Gasteiger partial charge >= 0.3 is 0 Å². The maximum absolute atomic E-state index is 12.5. The number of hydrogen-bond acceptors (Lipinski definition) is 4. The first kappa shape index (κ1) is 18.9. The summed E-state index contributed by atoms with van der Waals surface area (Å²) >= 11 is 7.44. The topological polar surface area (TPSA) is 62.3 Å². The molecule has 1 aliphatic heterocycles. The number of aryl methyl sites for hydroxylation is 1. The van der Waals surface area contributed by atoms with E-state index < -0.39 is 0 Å². The summed E-state index contributed by atoms with van der Waals surface area (Å²) in [4.78, 5) is 31.2. The van der Waals surface area contributed by atoms with Crippen molar-refractivity contribution >= 4 is 34.8 Å². The molecule has 3 rings (SSSR count). The Labute approximate surface area is 162 Å². The Bertz CT molecular complexity index is 767. The molecule has 7 heteroatoms. The Balaban J connectivity index is 1.47. The summed E-state index contributed by atoms with van der Waals surface area (Å²) in [6.07, 6.45) is 2.27. The summed E-state index contributed by atoms with van der Waals surface area (Å²) in [6, 6.07) is 6.92. The van der Waals surface area contributed by atoms with Gasteiger partial charge in [-0.3, -0.25) is 9.59 Å². The average molecular weight is 392 g/mol. The van der Waals surface area contributed by atoms with E-state index in [9.17, 15) is 9.59 Å². The Morgan fingerprint density at radius 2 is 1.96 bits per heavy atom. The van der Waals surface area contributed by atoms with Crippen LogP contribution in [-0.2, 0) is 17.8 Å². The van der Waals surface area contributed by atoms with Gasteiger partial charge < -0.3 is 10.2 Å². The number of nitrogens with zero attached hydrogens (tertiary/aromatic N) is 2. The molecule has 5 nitrogen and oxygen atoms in total. The monoisotopic (exact) mass is 391 g/mol. The van der Waals surface area contributed by atoms with Gasteiger partial charge in [0.15, 0.2) is 0 Å². The number of hydrogen-bond donors (Lipinski definition) is 1. The first-order valence-corrected chi connectivity index (χ1v) is 10.1. The average Bonchev–Trinajstić information content (AvgIpc) is 3.14. The first-order chi connectivity index (χ1) is 12.6. The number of piperidine rings is 1. The number of thiazole rings is 1. The van der Waals surface area contributed by atoms with Crippen LogP contribution < -0.4 is 5.32 Å². The van der Waals surface area contributed by atoms with Crippen LogP contribution >= 0.6 is 22.9 Å². The molecule has 2 amide bonds. The molecule has 1 fully saturated rings. The number of halogens is 1. The van der Waals surface area contributed by atoms with Gasteiger partial charge in [-0.15, -0.1) is 11.3 Å². The summed E-state index contributed by atoms with van der Waals surface area (Å²) in [5.41, 5.74) is 1.70. The van der Waals surface area contributed by atoms with E-state index in [1.165, 1.54) is 0 Å². The summed E-state index contributed by atoms with van der Waals surface area (Å²) in [7, 11) is 0. The maximum atomic E-state index is 12.5. The van der Waals surface area contributed by atoms with Crippen LogP contribution in [0.2, 0.25) is 5.02 Å². The molecule has 1 N–H and O–H groups in total. The van der Waals surface area contributed by atoms with Crippen LogP contribution in [0.3, 0.4) is 0 Å². The molecule has 0 radical (unpaired) electrons. The summed E-state index contributed by atoms with van der Waals surface area (Å²) < 4.78 is 0. The fourth-order valence-electron chi connectivity index (χ4n) is 3.02. The molecule has 0 saturated carbocycles. The normalized spacial score (nSPS) is 15.1. The number of amides is 2. The van der Waals surface area contributed by atoms with Gasteiger partial charge in [-0.1, -0.05) is 18.5 Å². The van der Waals surface area contributed by atoms with Crippen molar-refractivity contribution in [3.8, 4) is 0 Å². The van der Waals surface area contributed by atoms with Gasteiger partial charge in [0, 0.05) is 35.0 Å². The lowest BCUT2D eigenvalue weighted by molar-refractivity contribution is -0.126. The first-order valence-electron chi connectivity index (χ1n) is 8.82. The van der Waals surface area contributed by atoms with Crippen LogP contribution in [0.15, 0.2) is 29.6 Å². The van der Waals surface area contributed by atoms with Crippen LogP contribution in [0.5, 0.6) is 0 Å². The zero-order chi connectivity index (χ0) is 18.5. The lowest BCUT2D eigenvalue weighted by Crippen LogP contribution is -2.42. The van der Waals surface area contributed by atoms with E-state index in [0.29, 0.717) is 43.1 Å². The van der Waals surface area contributed by atoms with Crippen LogP contribution in [0.25, 0.3) is 0 Å². The maximum Gasteiger partial charge on any atom is 0.253 e. The van der Waals surface area contributed by atoms with E-state index in [1.54, 1.807) is 40.5 Å². The van der Waals surface area contributed by atoms with E-state index in [4.69, 9.17) is 11.6 Å². The van der Waals surface area contributed by atoms with Crippen molar-refractivity contribution in [1.29, 1.82) is 0 Å². The van der Waals surface area contributed by atoms with Gasteiger partial charge in [0.25, 0.3) is 5.91 Å². The number of rotatable bonds is 5. The molecule has 1 aromatic heterocycles. The lowest BCUT2D eigenvalue weighted by atomic mass is 9.95. The largest absolute Gasteiger partial charge is 0.349 e. The van der Waals surface area contributed by atoms with Gasteiger partial charge in [0.2, 0.25) is 5.91 Å². The Morgan fingerprint density at radius 3 is 2.58 bits per heavy atom. The zero-order valence-electron chi connectivity index (χ0n) is 14.7. The molecule has 1 aromatic carbocycles.